The molecule has 0 saturated heterocycles. The molecular weight excluding hydrogens is 246 g/mol. The molecule has 0 bridgehead atoms. The van der Waals surface area contributed by atoms with Gasteiger partial charge in [-0.25, -0.2) is 0 Å². The number of fused-ring (bicyclic) bond motifs is 1. The zero-order chi connectivity index (χ0) is 13.3. The zero-order valence-corrected chi connectivity index (χ0v) is 12.2. The number of benzene rings is 1. The molecule has 0 atom stereocenters. The molecule has 0 amide bonds. The quantitative estimate of drug-likeness (QED) is 0.883. The van der Waals surface area contributed by atoms with E-state index in [0.717, 1.165) is 24.3 Å². The van der Waals surface area contributed by atoms with Gasteiger partial charge in [-0.2, -0.15) is 0 Å². The fourth-order valence-electron chi connectivity index (χ4n) is 2.27. The first-order chi connectivity index (χ1) is 8.54. The van der Waals surface area contributed by atoms with Crippen LogP contribution in [-0.4, -0.2) is 6.04 Å². The van der Waals surface area contributed by atoms with Crippen LogP contribution < -0.4 is 5.32 Å². The van der Waals surface area contributed by atoms with E-state index in [0.29, 0.717) is 11.1 Å². The van der Waals surface area contributed by atoms with Crippen LogP contribution in [0.2, 0.25) is 5.02 Å². The van der Waals surface area contributed by atoms with Gasteiger partial charge in [-0.05, 0) is 25.0 Å². The average Bonchev–Trinajstić information content (AvgIpc) is 2.71. The molecule has 0 aliphatic heterocycles. The van der Waals surface area contributed by atoms with Crippen LogP contribution in [0.25, 0.3) is 11.0 Å². The van der Waals surface area contributed by atoms with Gasteiger partial charge >= 0.3 is 0 Å². The topological polar surface area (TPSA) is 25.2 Å². The monoisotopic (exact) mass is 265 g/mol. The van der Waals surface area contributed by atoms with E-state index in [1.54, 1.807) is 0 Å². The molecule has 0 aliphatic rings. The first kappa shape index (κ1) is 13.4. The Balaban J connectivity index is 2.54. The van der Waals surface area contributed by atoms with Gasteiger partial charge in [0.1, 0.15) is 5.76 Å². The van der Waals surface area contributed by atoms with Gasteiger partial charge in [-0.3, -0.25) is 0 Å². The summed E-state index contributed by atoms with van der Waals surface area (Å²) in [6.45, 7) is 9.28. The molecule has 18 heavy (non-hydrogen) atoms. The first-order valence-electron chi connectivity index (χ1n) is 6.47. The van der Waals surface area contributed by atoms with Crippen molar-refractivity contribution in [2.75, 3.05) is 0 Å². The number of nitrogens with one attached hydrogen (secondary N) is 1. The van der Waals surface area contributed by atoms with Crippen molar-refractivity contribution in [2.45, 2.75) is 46.7 Å². The second kappa shape index (κ2) is 5.33. The lowest BCUT2D eigenvalue weighted by atomic mass is 10.0. The van der Waals surface area contributed by atoms with Gasteiger partial charge in [-0.1, -0.05) is 38.4 Å². The van der Waals surface area contributed by atoms with Crippen LogP contribution in [0, 0.1) is 6.92 Å². The van der Waals surface area contributed by atoms with Gasteiger partial charge in [0.15, 0.2) is 5.58 Å². The molecule has 1 heterocycles. The lowest BCUT2D eigenvalue weighted by Gasteiger charge is -2.07. The lowest BCUT2D eigenvalue weighted by molar-refractivity contribution is 0.484. The summed E-state index contributed by atoms with van der Waals surface area (Å²) in [5.41, 5.74) is 3.33. The third-order valence-corrected chi connectivity index (χ3v) is 3.50. The van der Waals surface area contributed by atoms with Gasteiger partial charge < -0.3 is 9.73 Å². The maximum Gasteiger partial charge on any atom is 0.153 e. The van der Waals surface area contributed by atoms with E-state index in [-0.39, 0.29) is 0 Å². The van der Waals surface area contributed by atoms with Crippen LogP contribution in [0.5, 0.6) is 0 Å². The fourth-order valence-corrected chi connectivity index (χ4v) is 2.46. The molecule has 2 rings (SSSR count). The van der Waals surface area contributed by atoms with E-state index in [4.69, 9.17) is 16.0 Å². The Labute approximate surface area is 113 Å². The largest absolute Gasteiger partial charge is 0.458 e. The summed E-state index contributed by atoms with van der Waals surface area (Å²) in [6, 6.07) is 4.40. The van der Waals surface area contributed by atoms with Crippen molar-refractivity contribution in [3.8, 4) is 0 Å². The van der Waals surface area contributed by atoms with Crippen molar-refractivity contribution in [1.29, 1.82) is 0 Å². The number of furan rings is 1. The van der Waals surface area contributed by atoms with E-state index in [1.165, 1.54) is 16.5 Å². The van der Waals surface area contributed by atoms with Gasteiger partial charge in [0.25, 0.3) is 0 Å². The van der Waals surface area contributed by atoms with Crippen molar-refractivity contribution >= 4 is 22.6 Å². The molecule has 0 radical (unpaired) electrons. The molecule has 0 saturated carbocycles. The van der Waals surface area contributed by atoms with Crippen LogP contribution in [0.1, 0.15) is 37.7 Å². The van der Waals surface area contributed by atoms with Crippen molar-refractivity contribution in [2.24, 2.45) is 0 Å². The molecular formula is C15H20ClNO. The standard InChI is InChI=1S/C15H20ClNO/c1-5-11-13(8-17-9(2)3)18-15-12(16)7-6-10(4)14(11)15/h6-7,9,17H,5,8H2,1-4H3. The van der Waals surface area contributed by atoms with Crippen LogP contribution >= 0.6 is 11.6 Å². The van der Waals surface area contributed by atoms with Gasteiger partial charge in [0.2, 0.25) is 0 Å². The summed E-state index contributed by atoms with van der Waals surface area (Å²) in [5.74, 6) is 1.01. The summed E-state index contributed by atoms with van der Waals surface area (Å²) >= 11 is 6.22. The minimum absolute atomic E-state index is 0.444. The minimum atomic E-state index is 0.444. The molecule has 2 aromatic rings. The highest BCUT2D eigenvalue weighted by Gasteiger charge is 2.16. The predicted octanol–water partition coefficient (Wildman–Crippen LogP) is 4.46. The van der Waals surface area contributed by atoms with Gasteiger partial charge in [-0.15, -0.1) is 0 Å². The predicted molar refractivity (Wildman–Crippen MR) is 77.3 cm³/mol. The van der Waals surface area contributed by atoms with E-state index in [9.17, 15) is 0 Å². The third-order valence-electron chi connectivity index (χ3n) is 3.21. The summed E-state index contributed by atoms with van der Waals surface area (Å²) in [5, 5.41) is 5.28. The minimum Gasteiger partial charge on any atom is -0.458 e. The Bertz CT molecular complexity index is 557. The van der Waals surface area contributed by atoms with E-state index in [2.05, 4.69) is 39.1 Å². The Morgan fingerprint density at radius 3 is 2.67 bits per heavy atom. The molecule has 0 aliphatic carbocycles. The van der Waals surface area contributed by atoms with Crippen LogP contribution in [0.15, 0.2) is 16.5 Å². The van der Waals surface area contributed by atoms with E-state index >= 15 is 0 Å². The zero-order valence-electron chi connectivity index (χ0n) is 11.4. The third kappa shape index (κ3) is 2.40. The number of hydrogen-bond donors (Lipinski definition) is 1. The van der Waals surface area contributed by atoms with Crippen molar-refractivity contribution in [3.05, 3.63) is 34.0 Å². The van der Waals surface area contributed by atoms with Crippen molar-refractivity contribution in [3.63, 3.8) is 0 Å². The number of aryl methyl sites for hydroxylation is 2. The van der Waals surface area contributed by atoms with Crippen molar-refractivity contribution < 1.29 is 4.42 Å². The Kier molecular flexibility index (Phi) is 3.98. The Hall–Kier alpha value is -0.990. The van der Waals surface area contributed by atoms with Gasteiger partial charge in [0, 0.05) is 17.0 Å². The number of rotatable bonds is 4. The van der Waals surface area contributed by atoms with Crippen molar-refractivity contribution in [1.82, 2.24) is 5.32 Å². The van der Waals surface area contributed by atoms with Crippen LogP contribution in [-0.2, 0) is 13.0 Å². The molecule has 2 nitrogen and oxygen atoms in total. The van der Waals surface area contributed by atoms with E-state index in [1.807, 2.05) is 6.07 Å². The van der Waals surface area contributed by atoms with E-state index < -0.39 is 0 Å². The van der Waals surface area contributed by atoms with Gasteiger partial charge in [0.05, 0.1) is 11.6 Å². The summed E-state index contributed by atoms with van der Waals surface area (Å²) < 4.78 is 5.96. The molecule has 0 spiro atoms. The van der Waals surface area contributed by atoms with Crippen LogP contribution in [0.3, 0.4) is 0 Å². The van der Waals surface area contributed by atoms with Crippen LogP contribution in [0.4, 0.5) is 0 Å². The lowest BCUT2D eigenvalue weighted by Crippen LogP contribution is -2.22. The SMILES string of the molecule is CCc1c(CNC(C)C)oc2c(Cl)ccc(C)c12. The maximum absolute atomic E-state index is 6.22. The molecule has 0 unspecified atom stereocenters. The Morgan fingerprint density at radius 1 is 1.33 bits per heavy atom. The molecule has 1 N–H and O–H groups in total. The number of halogens is 1. The summed E-state index contributed by atoms with van der Waals surface area (Å²) in [6.07, 6.45) is 0.962. The highest BCUT2D eigenvalue weighted by molar-refractivity contribution is 6.35. The fraction of sp³-hybridized carbons (Fsp3) is 0.467. The maximum atomic E-state index is 6.22. The highest BCUT2D eigenvalue weighted by atomic mass is 35.5. The molecule has 3 heteroatoms. The number of hydrogen-bond acceptors (Lipinski definition) is 2. The smallest absolute Gasteiger partial charge is 0.153 e. The molecule has 0 fully saturated rings. The highest BCUT2D eigenvalue weighted by Crippen LogP contribution is 2.34. The first-order valence-corrected chi connectivity index (χ1v) is 6.85. The summed E-state index contributed by atoms with van der Waals surface area (Å²) in [7, 11) is 0. The second-order valence-electron chi connectivity index (χ2n) is 4.96. The average molecular weight is 266 g/mol. The molecule has 1 aromatic heterocycles. The molecule has 1 aromatic carbocycles. The normalized spacial score (nSPS) is 11.7. The Morgan fingerprint density at radius 2 is 2.06 bits per heavy atom. The molecule has 98 valence electrons. The summed E-state index contributed by atoms with van der Waals surface area (Å²) in [4.78, 5) is 0. The second-order valence-corrected chi connectivity index (χ2v) is 5.37.